The minimum Gasteiger partial charge on any atom is -0.508 e. The minimum atomic E-state index is -0.565. The molecule has 0 aliphatic heterocycles. The number of amides is 1. The number of hydrogen-bond acceptors (Lipinski definition) is 7. The number of benzene rings is 2. The number of ether oxygens (including phenoxy) is 1. The second-order valence-corrected chi connectivity index (χ2v) is 6.14. The molecule has 0 unspecified atom stereocenters. The zero-order valence-electron chi connectivity index (χ0n) is 13.8. The van der Waals surface area contributed by atoms with Crippen molar-refractivity contribution in [3.8, 4) is 17.0 Å². The van der Waals surface area contributed by atoms with Gasteiger partial charge >= 0.3 is 6.09 Å². The van der Waals surface area contributed by atoms with Crippen molar-refractivity contribution in [1.29, 1.82) is 0 Å². The predicted octanol–water partition coefficient (Wildman–Crippen LogP) is 4.14. The van der Waals surface area contributed by atoms with Crippen molar-refractivity contribution in [2.24, 2.45) is 5.10 Å². The average Bonchev–Trinajstić information content (AvgIpc) is 3.06. The van der Waals surface area contributed by atoms with Gasteiger partial charge in [0.2, 0.25) is 5.13 Å². The van der Waals surface area contributed by atoms with Gasteiger partial charge in [-0.25, -0.2) is 9.78 Å². The van der Waals surface area contributed by atoms with E-state index in [0.717, 1.165) is 11.1 Å². The third-order valence-corrected chi connectivity index (χ3v) is 4.22. The molecule has 1 heterocycles. The van der Waals surface area contributed by atoms with E-state index in [-0.39, 0.29) is 5.75 Å². The van der Waals surface area contributed by atoms with E-state index in [0.29, 0.717) is 15.8 Å². The van der Waals surface area contributed by atoms with Crippen molar-refractivity contribution in [2.75, 3.05) is 17.9 Å². The average molecular weight is 368 g/mol. The molecule has 26 heavy (non-hydrogen) atoms. The first-order chi connectivity index (χ1) is 12.7. The molecule has 7 nitrogen and oxygen atoms in total. The van der Waals surface area contributed by atoms with E-state index in [1.165, 1.54) is 18.4 Å². The molecule has 1 aromatic heterocycles. The van der Waals surface area contributed by atoms with Crippen LogP contribution in [0.4, 0.5) is 14.9 Å². The largest absolute Gasteiger partial charge is 0.508 e. The quantitative estimate of drug-likeness (QED) is 0.465. The topological polar surface area (TPSA) is 95.8 Å². The summed E-state index contributed by atoms with van der Waals surface area (Å²) in [6.07, 6.45) is 1.04. The molecule has 0 spiro atoms. The Bertz CT molecular complexity index is 908. The molecule has 2 aromatic carbocycles. The number of anilines is 2. The molecule has 132 valence electrons. The summed E-state index contributed by atoms with van der Waals surface area (Å²) in [5.74, 6) is 0.195. The van der Waals surface area contributed by atoms with Crippen LogP contribution in [0.5, 0.6) is 5.75 Å². The molecule has 0 saturated heterocycles. The standard InChI is InChI=1S/C18H16N4O3S/c1-25-18(24)21-16-15(13-5-3-2-4-6-13)20-17(26-16)22-19-11-12-7-9-14(23)10-8-12/h2-11,23H,1H3,(H,20,22)(H,21,24)/b19-11+. The van der Waals surface area contributed by atoms with Crippen molar-refractivity contribution >= 4 is 33.8 Å². The Kier molecular flexibility index (Phi) is 5.45. The van der Waals surface area contributed by atoms with Gasteiger partial charge in [0.1, 0.15) is 16.4 Å². The van der Waals surface area contributed by atoms with Crippen molar-refractivity contribution in [1.82, 2.24) is 4.98 Å². The van der Waals surface area contributed by atoms with Crippen molar-refractivity contribution in [3.05, 3.63) is 60.2 Å². The fourth-order valence-corrected chi connectivity index (χ4v) is 2.93. The van der Waals surface area contributed by atoms with Crippen LogP contribution in [-0.2, 0) is 4.74 Å². The first-order valence-corrected chi connectivity index (χ1v) is 8.46. The van der Waals surface area contributed by atoms with Gasteiger partial charge in [-0.2, -0.15) is 5.10 Å². The van der Waals surface area contributed by atoms with Gasteiger partial charge in [-0.3, -0.25) is 10.7 Å². The highest BCUT2D eigenvalue weighted by Crippen LogP contribution is 2.35. The van der Waals surface area contributed by atoms with Gasteiger partial charge in [-0.05, 0) is 29.8 Å². The molecule has 0 fully saturated rings. The molecule has 3 N–H and O–H groups in total. The summed E-state index contributed by atoms with van der Waals surface area (Å²) >= 11 is 1.25. The molecule has 0 bridgehead atoms. The number of phenols is 1. The van der Waals surface area contributed by atoms with E-state index in [2.05, 4.69) is 25.6 Å². The maximum absolute atomic E-state index is 11.6. The summed E-state index contributed by atoms with van der Waals surface area (Å²) < 4.78 is 4.66. The highest BCUT2D eigenvalue weighted by Gasteiger charge is 2.15. The van der Waals surface area contributed by atoms with Crippen LogP contribution in [0.25, 0.3) is 11.3 Å². The normalized spacial score (nSPS) is 10.7. The van der Waals surface area contributed by atoms with Crippen molar-refractivity contribution < 1.29 is 14.6 Å². The van der Waals surface area contributed by atoms with E-state index in [4.69, 9.17) is 0 Å². The Labute approximate surface area is 154 Å². The Morgan fingerprint density at radius 1 is 1.19 bits per heavy atom. The zero-order valence-corrected chi connectivity index (χ0v) is 14.7. The summed E-state index contributed by atoms with van der Waals surface area (Å²) in [5.41, 5.74) is 5.17. The molecule has 0 aliphatic carbocycles. The molecule has 3 rings (SSSR count). The van der Waals surface area contributed by atoms with Gasteiger partial charge < -0.3 is 9.84 Å². The molecule has 0 saturated carbocycles. The van der Waals surface area contributed by atoms with E-state index in [1.54, 1.807) is 30.5 Å². The number of carbonyl (C=O) groups excluding carboxylic acids is 1. The number of hydrogen-bond donors (Lipinski definition) is 3. The number of aromatic nitrogens is 1. The van der Waals surface area contributed by atoms with Crippen LogP contribution in [0.15, 0.2) is 59.7 Å². The lowest BCUT2D eigenvalue weighted by molar-refractivity contribution is 0.187. The fraction of sp³-hybridized carbons (Fsp3) is 0.0556. The van der Waals surface area contributed by atoms with Crippen molar-refractivity contribution in [3.63, 3.8) is 0 Å². The molecule has 0 radical (unpaired) electrons. The number of nitrogens with one attached hydrogen (secondary N) is 2. The number of phenolic OH excluding ortho intramolecular Hbond substituents is 1. The Morgan fingerprint density at radius 3 is 2.62 bits per heavy atom. The van der Waals surface area contributed by atoms with E-state index < -0.39 is 6.09 Å². The number of nitrogens with zero attached hydrogens (tertiary/aromatic N) is 2. The maximum atomic E-state index is 11.6. The molecule has 0 atom stereocenters. The lowest BCUT2D eigenvalue weighted by atomic mass is 10.2. The summed E-state index contributed by atoms with van der Waals surface area (Å²) in [7, 11) is 1.31. The summed E-state index contributed by atoms with van der Waals surface area (Å²) in [4.78, 5) is 16.1. The Hall–Kier alpha value is -3.39. The lowest BCUT2D eigenvalue weighted by Gasteiger charge is -2.03. The molecule has 3 aromatic rings. The smallest absolute Gasteiger partial charge is 0.412 e. The number of aromatic hydroxyl groups is 1. The summed E-state index contributed by atoms with van der Waals surface area (Å²) in [5, 5.41) is 17.2. The Morgan fingerprint density at radius 2 is 1.92 bits per heavy atom. The van der Waals surface area contributed by atoms with E-state index in [9.17, 15) is 9.90 Å². The molecule has 1 amide bonds. The van der Waals surface area contributed by atoms with Crippen LogP contribution in [0.1, 0.15) is 5.56 Å². The number of thiazole rings is 1. The summed E-state index contributed by atoms with van der Waals surface area (Å²) in [6, 6.07) is 16.1. The van der Waals surface area contributed by atoms with Gasteiger partial charge in [0.15, 0.2) is 0 Å². The second-order valence-electron chi connectivity index (χ2n) is 5.14. The Balaban J connectivity index is 1.81. The lowest BCUT2D eigenvalue weighted by Crippen LogP contribution is -2.10. The van der Waals surface area contributed by atoms with Crippen LogP contribution in [0.3, 0.4) is 0 Å². The number of methoxy groups -OCH3 is 1. The van der Waals surface area contributed by atoms with Gasteiger partial charge in [0.25, 0.3) is 0 Å². The first kappa shape index (κ1) is 17.4. The predicted molar refractivity (Wildman–Crippen MR) is 103 cm³/mol. The first-order valence-electron chi connectivity index (χ1n) is 7.65. The van der Waals surface area contributed by atoms with Crippen molar-refractivity contribution in [2.45, 2.75) is 0 Å². The third-order valence-electron chi connectivity index (χ3n) is 3.34. The van der Waals surface area contributed by atoms with Crippen LogP contribution < -0.4 is 10.7 Å². The van der Waals surface area contributed by atoms with Crippen LogP contribution in [-0.4, -0.2) is 29.5 Å². The van der Waals surface area contributed by atoms with E-state index >= 15 is 0 Å². The molecule has 0 aliphatic rings. The second kappa shape index (κ2) is 8.13. The van der Waals surface area contributed by atoms with E-state index in [1.807, 2.05) is 30.3 Å². The highest BCUT2D eigenvalue weighted by molar-refractivity contribution is 7.20. The fourth-order valence-electron chi connectivity index (χ4n) is 2.11. The maximum Gasteiger partial charge on any atom is 0.412 e. The summed E-state index contributed by atoms with van der Waals surface area (Å²) in [6.45, 7) is 0. The SMILES string of the molecule is COC(=O)Nc1sc(N/N=C/c2ccc(O)cc2)nc1-c1ccccc1. The molecular weight excluding hydrogens is 352 g/mol. The van der Waals surface area contributed by atoms with Gasteiger partial charge in [-0.15, -0.1) is 0 Å². The van der Waals surface area contributed by atoms with Gasteiger partial charge in [0, 0.05) is 5.56 Å². The highest BCUT2D eigenvalue weighted by atomic mass is 32.1. The minimum absolute atomic E-state index is 0.195. The number of carbonyl (C=O) groups is 1. The number of hydrazone groups is 1. The number of rotatable bonds is 5. The van der Waals surface area contributed by atoms with Crippen LogP contribution in [0.2, 0.25) is 0 Å². The van der Waals surface area contributed by atoms with Gasteiger partial charge in [-0.1, -0.05) is 41.7 Å². The zero-order chi connectivity index (χ0) is 18.4. The van der Waals surface area contributed by atoms with Crippen LogP contribution in [0, 0.1) is 0 Å². The van der Waals surface area contributed by atoms with Gasteiger partial charge in [0.05, 0.1) is 13.3 Å². The monoisotopic (exact) mass is 368 g/mol. The third kappa shape index (κ3) is 4.37. The molecule has 8 heteroatoms. The van der Waals surface area contributed by atoms with Crippen LogP contribution >= 0.6 is 11.3 Å². The molecular formula is C18H16N4O3S.